The number of morpholine rings is 1. The van der Waals surface area contributed by atoms with E-state index in [0.29, 0.717) is 31.4 Å². The van der Waals surface area contributed by atoms with Gasteiger partial charge in [0.25, 0.3) is 5.91 Å². The van der Waals surface area contributed by atoms with E-state index in [9.17, 15) is 4.79 Å². The zero-order valence-electron chi connectivity index (χ0n) is 12.5. The summed E-state index contributed by atoms with van der Waals surface area (Å²) in [5.74, 6) is 1.36. The first kappa shape index (κ1) is 14.5. The number of carbonyl (C=O) groups excluding carboxylic acids is 1. The van der Waals surface area contributed by atoms with E-state index in [1.807, 2.05) is 4.90 Å². The maximum absolute atomic E-state index is 12.5. The molecule has 1 unspecified atom stereocenters. The number of carbonyl (C=O) groups is 1. The molecule has 0 radical (unpaired) electrons. The van der Waals surface area contributed by atoms with Gasteiger partial charge in [0.15, 0.2) is 5.82 Å². The van der Waals surface area contributed by atoms with Crippen LogP contribution in [0.1, 0.15) is 31.0 Å². The summed E-state index contributed by atoms with van der Waals surface area (Å²) in [5.41, 5.74) is 0. The number of aromatic nitrogens is 2. The monoisotopic (exact) mass is 294 g/mol. The molecule has 0 saturated carbocycles. The molecule has 7 heteroatoms. The molecule has 0 aromatic carbocycles. The highest BCUT2D eigenvalue weighted by molar-refractivity contribution is 5.81. The van der Waals surface area contributed by atoms with Gasteiger partial charge in [-0.25, -0.2) is 0 Å². The molecule has 7 nitrogen and oxygen atoms in total. The highest BCUT2D eigenvalue weighted by Crippen LogP contribution is 2.15. The van der Waals surface area contributed by atoms with Crippen LogP contribution in [0, 0.1) is 6.92 Å². The van der Waals surface area contributed by atoms with E-state index < -0.39 is 0 Å². The van der Waals surface area contributed by atoms with Crippen molar-refractivity contribution >= 4 is 5.91 Å². The summed E-state index contributed by atoms with van der Waals surface area (Å²) in [6.45, 7) is 6.07. The number of hydrogen-bond acceptors (Lipinski definition) is 6. The number of likely N-dealkylation sites (tertiary alicyclic amines) is 1. The minimum atomic E-state index is -0.357. The topological polar surface area (TPSA) is 71.7 Å². The van der Waals surface area contributed by atoms with Gasteiger partial charge in [0.05, 0.1) is 13.2 Å². The standard InChI is InChI=1S/C14H22N4O3/c1-11-15-13(16-21-11)10-17-7-8-20-12(9-17)14(19)18-5-3-2-4-6-18/h12H,2-10H2,1H3. The molecule has 1 aromatic rings. The Morgan fingerprint density at radius 2 is 2.10 bits per heavy atom. The summed E-state index contributed by atoms with van der Waals surface area (Å²) in [6, 6.07) is 0. The third-order valence-electron chi connectivity index (χ3n) is 4.03. The van der Waals surface area contributed by atoms with E-state index in [2.05, 4.69) is 15.0 Å². The first-order chi connectivity index (χ1) is 10.2. The highest BCUT2D eigenvalue weighted by atomic mass is 16.5. The fourth-order valence-corrected chi connectivity index (χ4v) is 2.92. The number of hydrogen-bond donors (Lipinski definition) is 0. The largest absolute Gasteiger partial charge is 0.366 e. The molecule has 0 bridgehead atoms. The second-order valence-electron chi connectivity index (χ2n) is 5.71. The van der Waals surface area contributed by atoms with Crippen LogP contribution < -0.4 is 0 Å². The van der Waals surface area contributed by atoms with Crippen molar-refractivity contribution < 1.29 is 14.1 Å². The second-order valence-corrected chi connectivity index (χ2v) is 5.71. The van der Waals surface area contributed by atoms with Crippen molar-refractivity contribution in [2.24, 2.45) is 0 Å². The normalized spacial score (nSPS) is 24.2. The van der Waals surface area contributed by atoms with Crippen molar-refractivity contribution in [3.05, 3.63) is 11.7 Å². The molecule has 1 atom stereocenters. The minimum Gasteiger partial charge on any atom is -0.366 e. The minimum absolute atomic E-state index is 0.128. The SMILES string of the molecule is Cc1nc(CN2CCOC(C(=O)N3CCCCC3)C2)no1. The van der Waals surface area contributed by atoms with Gasteiger partial charge in [-0.3, -0.25) is 9.69 Å². The Bertz CT molecular complexity index is 484. The average Bonchev–Trinajstić information content (AvgIpc) is 2.93. The second kappa shape index (κ2) is 6.53. The van der Waals surface area contributed by atoms with Crippen LogP contribution in [0.5, 0.6) is 0 Å². The third kappa shape index (κ3) is 3.59. The molecule has 2 aliphatic heterocycles. The summed E-state index contributed by atoms with van der Waals surface area (Å²) in [7, 11) is 0. The molecule has 1 amide bonds. The molecule has 2 fully saturated rings. The lowest BCUT2D eigenvalue weighted by atomic mass is 10.1. The Balaban J connectivity index is 1.56. The van der Waals surface area contributed by atoms with Crippen molar-refractivity contribution in [1.29, 1.82) is 0 Å². The highest BCUT2D eigenvalue weighted by Gasteiger charge is 2.31. The predicted octanol–water partition coefficient (Wildman–Crippen LogP) is 0.591. The van der Waals surface area contributed by atoms with Gasteiger partial charge in [-0.1, -0.05) is 5.16 Å². The molecule has 3 rings (SSSR count). The number of rotatable bonds is 3. The quantitative estimate of drug-likeness (QED) is 0.812. The number of ether oxygens (including phenoxy) is 1. The van der Waals surface area contributed by atoms with Gasteiger partial charge in [-0.2, -0.15) is 4.98 Å². The molecule has 21 heavy (non-hydrogen) atoms. The Hall–Kier alpha value is -1.47. The number of aryl methyl sites for hydroxylation is 1. The van der Waals surface area contributed by atoms with Gasteiger partial charge in [-0.05, 0) is 19.3 Å². The van der Waals surface area contributed by atoms with Crippen LogP contribution in [0.25, 0.3) is 0 Å². The van der Waals surface area contributed by atoms with Crippen molar-refractivity contribution in [2.75, 3.05) is 32.8 Å². The Kier molecular flexibility index (Phi) is 4.50. The van der Waals surface area contributed by atoms with Crippen molar-refractivity contribution in [3.8, 4) is 0 Å². The van der Waals surface area contributed by atoms with Crippen LogP contribution >= 0.6 is 0 Å². The molecular weight excluding hydrogens is 272 g/mol. The summed E-state index contributed by atoms with van der Waals surface area (Å²) in [6.07, 6.45) is 3.07. The summed E-state index contributed by atoms with van der Waals surface area (Å²) >= 11 is 0. The predicted molar refractivity (Wildman–Crippen MR) is 74.5 cm³/mol. The Morgan fingerprint density at radius 3 is 2.81 bits per heavy atom. The van der Waals surface area contributed by atoms with E-state index in [0.717, 1.165) is 32.5 Å². The van der Waals surface area contributed by atoms with Gasteiger partial charge < -0.3 is 14.2 Å². The molecule has 0 aliphatic carbocycles. The van der Waals surface area contributed by atoms with Crippen LogP contribution in [0.15, 0.2) is 4.52 Å². The van der Waals surface area contributed by atoms with Crippen LogP contribution in [0.2, 0.25) is 0 Å². The molecule has 0 N–H and O–H groups in total. The van der Waals surface area contributed by atoms with Crippen LogP contribution in [-0.2, 0) is 16.1 Å². The summed E-state index contributed by atoms with van der Waals surface area (Å²) in [5, 5.41) is 3.91. The summed E-state index contributed by atoms with van der Waals surface area (Å²) < 4.78 is 10.7. The fourth-order valence-electron chi connectivity index (χ4n) is 2.92. The molecule has 2 saturated heterocycles. The molecule has 0 spiro atoms. The van der Waals surface area contributed by atoms with Crippen LogP contribution in [-0.4, -0.2) is 64.7 Å². The van der Waals surface area contributed by atoms with E-state index >= 15 is 0 Å². The van der Waals surface area contributed by atoms with Gasteiger partial charge in [0.1, 0.15) is 6.10 Å². The van der Waals surface area contributed by atoms with E-state index in [4.69, 9.17) is 9.26 Å². The number of piperidine rings is 1. The summed E-state index contributed by atoms with van der Waals surface area (Å²) in [4.78, 5) is 20.8. The van der Waals surface area contributed by atoms with Gasteiger partial charge >= 0.3 is 0 Å². The van der Waals surface area contributed by atoms with Crippen LogP contribution in [0.3, 0.4) is 0 Å². The van der Waals surface area contributed by atoms with Gasteiger partial charge in [0, 0.05) is 33.1 Å². The molecule has 2 aliphatic rings. The molecular formula is C14H22N4O3. The van der Waals surface area contributed by atoms with Crippen molar-refractivity contribution in [3.63, 3.8) is 0 Å². The Morgan fingerprint density at radius 1 is 1.29 bits per heavy atom. The fraction of sp³-hybridized carbons (Fsp3) is 0.786. The zero-order chi connectivity index (χ0) is 14.7. The van der Waals surface area contributed by atoms with Crippen molar-refractivity contribution in [1.82, 2.24) is 19.9 Å². The first-order valence-electron chi connectivity index (χ1n) is 7.64. The molecule has 116 valence electrons. The van der Waals surface area contributed by atoms with E-state index in [-0.39, 0.29) is 12.0 Å². The Labute approximate surface area is 124 Å². The third-order valence-corrected chi connectivity index (χ3v) is 4.03. The average molecular weight is 294 g/mol. The van der Waals surface area contributed by atoms with E-state index in [1.54, 1.807) is 6.92 Å². The van der Waals surface area contributed by atoms with Gasteiger partial charge in [0.2, 0.25) is 5.89 Å². The lowest BCUT2D eigenvalue weighted by Crippen LogP contribution is -2.51. The lowest BCUT2D eigenvalue weighted by molar-refractivity contribution is -0.150. The lowest BCUT2D eigenvalue weighted by Gasteiger charge is -2.35. The maximum Gasteiger partial charge on any atom is 0.253 e. The smallest absolute Gasteiger partial charge is 0.253 e. The van der Waals surface area contributed by atoms with E-state index in [1.165, 1.54) is 6.42 Å². The van der Waals surface area contributed by atoms with Crippen LogP contribution in [0.4, 0.5) is 0 Å². The number of amides is 1. The maximum atomic E-state index is 12.5. The molecule has 3 heterocycles. The van der Waals surface area contributed by atoms with Gasteiger partial charge in [-0.15, -0.1) is 0 Å². The molecule has 1 aromatic heterocycles. The zero-order valence-corrected chi connectivity index (χ0v) is 12.5. The van der Waals surface area contributed by atoms with Crippen molar-refractivity contribution in [2.45, 2.75) is 38.8 Å². The number of nitrogens with zero attached hydrogens (tertiary/aromatic N) is 4. The first-order valence-corrected chi connectivity index (χ1v) is 7.64.